The highest BCUT2D eigenvalue weighted by atomic mass is 15.3. The van der Waals surface area contributed by atoms with Gasteiger partial charge >= 0.3 is 0 Å². The Bertz CT molecular complexity index is 433. The first-order chi connectivity index (χ1) is 9.13. The standard InChI is InChI=1S/C15H26N4/c1-12(2)17(3)10-14-8-16-15-11-18(6-7-19(14)15)9-13-4-5-13/h8,12-13H,4-7,9-11H2,1-3H3. The summed E-state index contributed by atoms with van der Waals surface area (Å²) in [5.74, 6) is 2.24. The lowest BCUT2D eigenvalue weighted by atomic mass is 10.3. The van der Waals surface area contributed by atoms with Crippen molar-refractivity contribution in [3.8, 4) is 0 Å². The summed E-state index contributed by atoms with van der Waals surface area (Å²) in [7, 11) is 2.19. The zero-order chi connectivity index (χ0) is 13.4. The molecule has 2 aliphatic rings. The molecule has 19 heavy (non-hydrogen) atoms. The van der Waals surface area contributed by atoms with Crippen molar-refractivity contribution < 1.29 is 0 Å². The van der Waals surface area contributed by atoms with Crippen LogP contribution in [0.4, 0.5) is 0 Å². The van der Waals surface area contributed by atoms with E-state index in [1.54, 1.807) is 0 Å². The molecular weight excluding hydrogens is 236 g/mol. The molecule has 1 aromatic heterocycles. The van der Waals surface area contributed by atoms with Crippen molar-refractivity contribution in [1.29, 1.82) is 0 Å². The van der Waals surface area contributed by atoms with E-state index in [-0.39, 0.29) is 0 Å². The minimum Gasteiger partial charge on any atom is -0.328 e. The third kappa shape index (κ3) is 3.00. The van der Waals surface area contributed by atoms with Gasteiger partial charge in [-0.2, -0.15) is 0 Å². The fraction of sp³-hybridized carbons (Fsp3) is 0.800. The molecule has 0 unspecified atom stereocenters. The topological polar surface area (TPSA) is 24.3 Å². The maximum Gasteiger partial charge on any atom is 0.123 e. The molecule has 0 aromatic carbocycles. The summed E-state index contributed by atoms with van der Waals surface area (Å²) in [5, 5.41) is 0. The number of aromatic nitrogens is 2. The highest BCUT2D eigenvalue weighted by Crippen LogP contribution is 2.30. The molecule has 1 fully saturated rings. The van der Waals surface area contributed by atoms with Gasteiger partial charge in [-0.25, -0.2) is 4.98 Å². The van der Waals surface area contributed by atoms with E-state index in [9.17, 15) is 0 Å². The van der Waals surface area contributed by atoms with E-state index in [2.05, 4.69) is 46.4 Å². The first-order valence-corrected chi connectivity index (χ1v) is 7.59. The first-order valence-electron chi connectivity index (χ1n) is 7.59. The van der Waals surface area contributed by atoms with Crippen molar-refractivity contribution in [3.05, 3.63) is 17.7 Å². The summed E-state index contributed by atoms with van der Waals surface area (Å²) in [4.78, 5) is 9.60. The van der Waals surface area contributed by atoms with Crippen molar-refractivity contribution in [1.82, 2.24) is 19.4 Å². The second-order valence-electron chi connectivity index (χ2n) is 6.50. The molecule has 4 nitrogen and oxygen atoms in total. The lowest BCUT2D eigenvalue weighted by Gasteiger charge is -2.29. The van der Waals surface area contributed by atoms with Crippen LogP contribution in [0.2, 0.25) is 0 Å². The van der Waals surface area contributed by atoms with Gasteiger partial charge in [-0.1, -0.05) is 0 Å². The number of hydrogen-bond donors (Lipinski definition) is 0. The predicted octanol–water partition coefficient (Wildman–Crippen LogP) is 1.95. The van der Waals surface area contributed by atoms with Crippen LogP contribution < -0.4 is 0 Å². The maximum atomic E-state index is 4.64. The summed E-state index contributed by atoms with van der Waals surface area (Å²) in [6.07, 6.45) is 4.96. The van der Waals surface area contributed by atoms with Crippen LogP contribution in [-0.2, 0) is 19.6 Å². The van der Waals surface area contributed by atoms with Gasteiger partial charge in [0.25, 0.3) is 0 Å². The zero-order valence-electron chi connectivity index (χ0n) is 12.5. The van der Waals surface area contributed by atoms with Gasteiger partial charge in [0.1, 0.15) is 5.82 Å². The van der Waals surface area contributed by atoms with E-state index in [0.717, 1.165) is 25.6 Å². The predicted molar refractivity (Wildman–Crippen MR) is 76.8 cm³/mol. The third-order valence-electron chi connectivity index (χ3n) is 4.53. The number of hydrogen-bond acceptors (Lipinski definition) is 3. The van der Waals surface area contributed by atoms with Crippen LogP contribution in [0.1, 0.15) is 38.2 Å². The fourth-order valence-electron chi connectivity index (χ4n) is 2.76. The van der Waals surface area contributed by atoms with Crippen molar-refractivity contribution in [3.63, 3.8) is 0 Å². The van der Waals surface area contributed by atoms with Gasteiger partial charge in [-0.15, -0.1) is 0 Å². The summed E-state index contributed by atoms with van der Waals surface area (Å²) >= 11 is 0. The molecular formula is C15H26N4. The SMILES string of the molecule is CC(C)N(C)Cc1cnc2n1CCN(CC1CC1)C2. The monoisotopic (exact) mass is 262 g/mol. The molecule has 0 spiro atoms. The van der Waals surface area contributed by atoms with Crippen LogP contribution >= 0.6 is 0 Å². The van der Waals surface area contributed by atoms with Crippen molar-refractivity contribution >= 4 is 0 Å². The van der Waals surface area contributed by atoms with E-state index in [4.69, 9.17) is 0 Å². The summed E-state index contributed by atoms with van der Waals surface area (Å²) < 4.78 is 2.43. The van der Waals surface area contributed by atoms with Crippen LogP contribution in [0, 0.1) is 5.92 Å². The van der Waals surface area contributed by atoms with Crippen LogP contribution in [-0.4, -0.2) is 45.5 Å². The lowest BCUT2D eigenvalue weighted by molar-refractivity contribution is 0.201. The molecule has 3 rings (SSSR count). The van der Waals surface area contributed by atoms with Gasteiger partial charge in [0.05, 0.1) is 12.2 Å². The van der Waals surface area contributed by atoms with Crippen LogP contribution in [0.15, 0.2) is 6.20 Å². The second-order valence-corrected chi connectivity index (χ2v) is 6.50. The molecule has 0 atom stereocenters. The highest BCUT2D eigenvalue weighted by Gasteiger charge is 2.27. The molecule has 1 saturated carbocycles. The molecule has 1 aliphatic heterocycles. The van der Waals surface area contributed by atoms with E-state index >= 15 is 0 Å². The smallest absolute Gasteiger partial charge is 0.123 e. The van der Waals surface area contributed by atoms with Crippen molar-refractivity contribution in [2.75, 3.05) is 20.1 Å². The van der Waals surface area contributed by atoms with Gasteiger partial charge < -0.3 is 4.57 Å². The molecule has 106 valence electrons. The van der Waals surface area contributed by atoms with E-state index < -0.39 is 0 Å². The second kappa shape index (κ2) is 5.25. The molecule has 0 N–H and O–H groups in total. The Kier molecular flexibility index (Phi) is 3.63. The normalized spacial score (nSPS) is 20.3. The number of rotatable bonds is 5. The molecule has 0 saturated heterocycles. The minimum atomic E-state index is 0.584. The summed E-state index contributed by atoms with van der Waals surface area (Å²) in [6.45, 7) is 10.1. The van der Waals surface area contributed by atoms with Gasteiger partial charge in [0.15, 0.2) is 0 Å². The molecule has 0 amide bonds. The van der Waals surface area contributed by atoms with Gasteiger partial charge in [-0.3, -0.25) is 9.80 Å². The quantitative estimate of drug-likeness (QED) is 0.810. The number of imidazole rings is 1. The molecule has 1 aliphatic carbocycles. The average Bonchev–Trinajstić information content (AvgIpc) is 3.10. The Morgan fingerprint density at radius 1 is 1.37 bits per heavy atom. The Hall–Kier alpha value is -0.870. The highest BCUT2D eigenvalue weighted by molar-refractivity contribution is 5.08. The molecule has 1 aromatic rings. The van der Waals surface area contributed by atoms with Crippen LogP contribution in [0.25, 0.3) is 0 Å². The number of nitrogens with zero attached hydrogens (tertiary/aromatic N) is 4. The molecule has 0 bridgehead atoms. The van der Waals surface area contributed by atoms with Crippen molar-refractivity contribution in [2.45, 2.75) is 52.4 Å². The minimum absolute atomic E-state index is 0.584. The van der Waals surface area contributed by atoms with Crippen molar-refractivity contribution in [2.24, 2.45) is 5.92 Å². The maximum absolute atomic E-state index is 4.64. The van der Waals surface area contributed by atoms with E-state index in [1.165, 1.54) is 37.4 Å². The van der Waals surface area contributed by atoms with Gasteiger partial charge in [-0.05, 0) is 39.7 Å². The Balaban J connectivity index is 1.65. The number of fused-ring (bicyclic) bond motifs is 1. The molecule has 2 heterocycles. The van der Waals surface area contributed by atoms with E-state index in [1.807, 2.05) is 0 Å². The van der Waals surface area contributed by atoms with E-state index in [0.29, 0.717) is 6.04 Å². The largest absolute Gasteiger partial charge is 0.328 e. The first kappa shape index (κ1) is 13.1. The van der Waals surface area contributed by atoms with Gasteiger partial charge in [0.2, 0.25) is 0 Å². The Morgan fingerprint density at radius 2 is 2.16 bits per heavy atom. The zero-order valence-corrected chi connectivity index (χ0v) is 12.5. The summed E-state index contributed by atoms with van der Waals surface area (Å²) in [5.41, 5.74) is 1.37. The third-order valence-corrected chi connectivity index (χ3v) is 4.53. The Morgan fingerprint density at radius 3 is 2.84 bits per heavy atom. The summed E-state index contributed by atoms with van der Waals surface area (Å²) in [6, 6.07) is 0.584. The lowest BCUT2D eigenvalue weighted by Crippen LogP contribution is -2.36. The molecule has 0 radical (unpaired) electrons. The Labute approximate surface area is 116 Å². The fourth-order valence-corrected chi connectivity index (χ4v) is 2.76. The molecule has 4 heteroatoms. The average molecular weight is 262 g/mol. The van der Waals surface area contributed by atoms with Gasteiger partial charge in [0, 0.05) is 38.4 Å². The van der Waals surface area contributed by atoms with Crippen LogP contribution in [0.3, 0.4) is 0 Å². The van der Waals surface area contributed by atoms with Crippen LogP contribution in [0.5, 0.6) is 0 Å².